The first kappa shape index (κ1) is 15.5. The van der Waals surface area contributed by atoms with E-state index in [0.29, 0.717) is 5.41 Å². The van der Waals surface area contributed by atoms with Crippen LogP contribution in [0.5, 0.6) is 0 Å². The van der Waals surface area contributed by atoms with E-state index in [9.17, 15) is 5.11 Å². The van der Waals surface area contributed by atoms with E-state index < -0.39 is 6.23 Å². The Morgan fingerprint density at radius 2 is 2.05 bits per heavy atom. The summed E-state index contributed by atoms with van der Waals surface area (Å²) in [6, 6.07) is 0. The molecule has 0 fully saturated rings. The number of aliphatic hydroxyl groups excluding tert-OH is 1. The molecule has 0 amide bonds. The first-order valence-corrected chi connectivity index (χ1v) is 7.78. The minimum absolute atomic E-state index is 0.149. The van der Waals surface area contributed by atoms with Gasteiger partial charge in [-0.3, -0.25) is 5.32 Å². The zero-order valence-electron chi connectivity index (χ0n) is 12.9. The van der Waals surface area contributed by atoms with E-state index in [0.717, 1.165) is 23.3 Å². The third kappa shape index (κ3) is 3.22. The number of hydrazone groups is 1. The van der Waals surface area contributed by atoms with E-state index >= 15 is 0 Å². The lowest BCUT2D eigenvalue weighted by atomic mass is 9.90. The Morgan fingerprint density at radius 3 is 2.60 bits per heavy atom. The van der Waals surface area contributed by atoms with Crippen molar-refractivity contribution in [2.75, 3.05) is 0 Å². The Kier molecular flexibility index (Phi) is 3.97. The van der Waals surface area contributed by atoms with Gasteiger partial charge in [-0.15, -0.1) is 11.3 Å². The molecule has 1 aliphatic rings. The van der Waals surface area contributed by atoms with Crippen LogP contribution >= 0.6 is 11.3 Å². The van der Waals surface area contributed by atoms with Gasteiger partial charge in [-0.25, -0.2) is 0 Å². The van der Waals surface area contributed by atoms with Crippen LogP contribution in [0.2, 0.25) is 0 Å². The number of fused-ring (bicyclic) bond motifs is 1. The SMILES string of the molecule is CC1(C)Cc2sc(C(O)NC(C)(C)C)c(/C=N/N)c2C1. The molecule has 1 aromatic rings. The highest BCUT2D eigenvalue weighted by atomic mass is 32.1. The molecule has 0 aromatic carbocycles. The molecule has 0 spiro atoms. The van der Waals surface area contributed by atoms with Crippen molar-refractivity contribution in [2.24, 2.45) is 16.4 Å². The molecule has 1 aliphatic carbocycles. The summed E-state index contributed by atoms with van der Waals surface area (Å²) in [5.41, 5.74) is 2.45. The fourth-order valence-corrected chi connectivity index (χ4v) is 4.25. The second kappa shape index (κ2) is 5.13. The van der Waals surface area contributed by atoms with Gasteiger partial charge in [0.15, 0.2) is 0 Å². The maximum Gasteiger partial charge on any atom is 0.141 e. The average Bonchev–Trinajstić information content (AvgIpc) is 2.70. The lowest BCUT2D eigenvalue weighted by Gasteiger charge is -2.25. The van der Waals surface area contributed by atoms with E-state index in [2.05, 4.69) is 24.3 Å². The number of hydrogen-bond donors (Lipinski definition) is 3. The first-order chi connectivity index (χ1) is 9.13. The number of thiophene rings is 1. The van der Waals surface area contributed by atoms with Crippen molar-refractivity contribution in [3.05, 3.63) is 20.9 Å². The maximum atomic E-state index is 10.4. The molecule has 112 valence electrons. The van der Waals surface area contributed by atoms with E-state index in [1.54, 1.807) is 17.6 Å². The number of nitrogens with two attached hydrogens (primary N) is 1. The molecular formula is C15H25N3OS. The number of hydrogen-bond acceptors (Lipinski definition) is 5. The van der Waals surface area contributed by atoms with E-state index in [1.165, 1.54) is 10.4 Å². The van der Waals surface area contributed by atoms with Gasteiger partial charge in [0.05, 0.1) is 11.1 Å². The van der Waals surface area contributed by atoms with Gasteiger partial charge in [0.25, 0.3) is 0 Å². The van der Waals surface area contributed by atoms with Gasteiger partial charge < -0.3 is 10.9 Å². The number of nitrogens with one attached hydrogen (secondary N) is 1. The molecule has 2 rings (SSSR count). The van der Waals surface area contributed by atoms with Crippen molar-refractivity contribution in [3.63, 3.8) is 0 Å². The number of rotatable bonds is 3. The van der Waals surface area contributed by atoms with Gasteiger partial charge in [-0.1, -0.05) is 13.8 Å². The van der Waals surface area contributed by atoms with Crippen molar-refractivity contribution < 1.29 is 5.11 Å². The van der Waals surface area contributed by atoms with Gasteiger partial charge in [-0.2, -0.15) is 5.10 Å². The highest BCUT2D eigenvalue weighted by Crippen LogP contribution is 2.44. The molecule has 1 aromatic heterocycles. The average molecular weight is 295 g/mol. The van der Waals surface area contributed by atoms with Crippen LogP contribution in [-0.4, -0.2) is 16.9 Å². The molecular weight excluding hydrogens is 270 g/mol. The van der Waals surface area contributed by atoms with Crippen LogP contribution in [0.3, 0.4) is 0 Å². The molecule has 4 nitrogen and oxygen atoms in total. The third-order valence-corrected chi connectivity index (χ3v) is 4.78. The van der Waals surface area contributed by atoms with Crippen LogP contribution < -0.4 is 11.2 Å². The summed E-state index contributed by atoms with van der Waals surface area (Å²) in [5, 5.41) is 17.3. The zero-order valence-corrected chi connectivity index (χ0v) is 13.8. The quantitative estimate of drug-likeness (QED) is 0.347. The molecule has 4 N–H and O–H groups in total. The Morgan fingerprint density at radius 1 is 1.40 bits per heavy atom. The minimum Gasteiger partial charge on any atom is -0.373 e. The van der Waals surface area contributed by atoms with Gasteiger partial charge in [0.2, 0.25) is 0 Å². The molecule has 5 heteroatoms. The molecule has 0 aliphatic heterocycles. The lowest BCUT2D eigenvalue weighted by molar-refractivity contribution is 0.110. The summed E-state index contributed by atoms with van der Waals surface area (Å²) in [7, 11) is 0. The summed E-state index contributed by atoms with van der Waals surface area (Å²) in [6.45, 7) is 10.7. The highest BCUT2D eigenvalue weighted by molar-refractivity contribution is 7.12. The molecule has 1 unspecified atom stereocenters. The summed E-state index contributed by atoms with van der Waals surface area (Å²) >= 11 is 1.68. The smallest absolute Gasteiger partial charge is 0.141 e. The van der Waals surface area contributed by atoms with Crippen molar-refractivity contribution >= 4 is 17.6 Å². The van der Waals surface area contributed by atoms with Crippen molar-refractivity contribution in [1.82, 2.24) is 5.32 Å². The Labute approximate surface area is 125 Å². The van der Waals surface area contributed by atoms with Crippen LogP contribution in [-0.2, 0) is 12.8 Å². The van der Waals surface area contributed by atoms with Gasteiger partial charge in [0.1, 0.15) is 6.23 Å². The molecule has 1 atom stereocenters. The van der Waals surface area contributed by atoms with Crippen LogP contribution in [0.4, 0.5) is 0 Å². The van der Waals surface area contributed by atoms with Crippen molar-refractivity contribution in [2.45, 2.75) is 59.2 Å². The van der Waals surface area contributed by atoms with Crippen LogP contribution in [0.15, 0.2) is 5.10 Å². The highest BCUT2D eigenvalue weighted by Gasteiger charge is 2.34. The van der Waals surface area contributed by atoms with Crippen LogP contribution in [0, 0.1) is 5.41 Å². The van der Waals surface area contributed by atoms with E-state index in [-0.39, 0.29) is 5.54 Å². The standard InChI is InChI=1S/C15H25N3OS/c1-14(2,3)18-13(19)12-10(8-17-16)9-6-15(4,5)7-11(9)20-12/h8,13,18-19H,6-7,16H2,1-5H3/b17-8+. The second-order valence-electron chi connectivity index (χ2n) is 7.37. The molecule has 20 heavy (non-hydrogen) atoms. The van der Waals surface area contributed by atoms with E-state index in [4.69, 9.17) is 5.84 Å². The van der Waals surface area contributed by atoms with E-state index in [1.807, 2.05) is 20.8 Å². The summed E-state index contributed by atoms with van der Waals surface area (Å²) in [4.78, 5) is 2.28. The fourth-order valence-electron chi connectivity index (χ4n) is 2.76. The Bertz CT molecular complexity index is 526. The van der Waals surface area contributed by atoms with Gasteiger partial charge >= 0.3 is 0 Å². The minimum atomic E-state index is -0.679. The molecule has 0 bridgehead atoms. The fraction of sp³-hybridized carbons (Fsp3) is 0.667. The zero-order chi connectivity index (χ0) is 15.1. The van der Waals surface area contributed by atoms with Crippen LogP contribution in [0.25, 0.3) is 0 Å². The molecule has 1 heterocycles. The molecule has 0 radical (unpaired) electrons. The number of aliphatic hydroxyl groups is 1. The summed E-state index contributed by atoms with van der Waals surface area (Å²) < 4.78 is 0. The third-order valence-electron chi connectivity index (χ3n) is 3.48. The molecule has 0 saturated heterocycles. The molecule has 0 saturated carbocycles. The normalized spacial score (nSPS) is 19.5. The summed E-state index contributed by atoms with van der Waals surface area (Å²) in [5.74, 6) is 5.35. The summed E-state index contributed by atoms with van der Waals surface area (Å²) in [6.07, 6.45) is 3.07. The first-order valence-electron chi connectivity index (χ1n) is 6.96. The predicted octanol–water partition coefficient (Wildman–Crippen LogP) is 2.54. The maximum absolute atomic E-state index is 10.4. The number of nitrogens with zero attached hydrogens (tertiary/aromatic N) is 1. The van der Waals surface area contributed by atoms with Crippen LogP contribution in [0.1, 0.15) is 61.7 Å². The lowest BCUT2D eigenvalue weighted by Crippen LogP contribution is -2.38. The van der Waals surface area contributed by atoms with Gasteiger partial charge in [-0.05, 0) is 44.6 Å². The predicted molar refractivity (Wildman–Crippen MR) is 85.1 cm³/mol. The second-order valence-corrected chi connectivity index (χ2v) is 8.51. The largest absolute Gasteiger partial charge is 0.373 e. The van der Waals surface area contributed by atoms with Crippen molar-refractivity contribution in [3.8, 4) is 0 Å². The topological polar surface area (TPSA) is 70.6 Å². The Hall–Kier alpha value is -0.910. The van der Waals surface area contributed by atoms with Gasteiger partial charge in [0, 0.05) is 16.0 Å². The monoisotopic (exact) mass is 295 g/mol. The Balaban J connectivity index is 2.37. The van der Waals surface area contributed by atoms with Crippen molar-refractivity contribution in [1.29, 1.82) is 0 Å².